The fourth-order valence-electron chi connectivity index (χ4n) is 2.54. The van der Waals surface area contributed by atoms with Crippen molar-refractivity contribution in [2.75, 3.05) is 5.73 Å². The summed E-state index contributed by atoms with van der Waals surface area (Å²) in [5.74, 6) is 1.34. The van der Waals surface area contributed by atoms with Crippen molar-refractivity contribution in [3.05, 3.63) is 34.1 Å². The topological polar surface area (TPSA) is 108 Å². The van der Waals surface area contributed by atoms with E-state index in [1.165, 1.54) is 25.0 Å². The molecule has 1 fully saturated rings. The van der Waals surface area contributed by atoms with Crippen LogP contribution in [0, 0.1) is 10.1 Å². The Balaban J connectivity index is 1.93. The van der Waals surface area contributed by atoms with Crippen LogP contribution in [0.1, 0.15) is 37.4 Å². The fraction of sp³-hybridized carbons (Fsp3) is 0.385. The van der Waals surface area contributed by atoms with Crippen molar-refractivity contribution in [1.82, 2.24) is 10.1 Å². The summed E-state index contributed by atoms with van der Waals surface area (Å²) in [5.41, 5.74) is 6.05. The predicted octanol–water partition coefficient (Wildman–Crippen LogP) is 2.88. The van der Waals surface area contributed by atoms with Crippen molar-refractivity contribution in [1.29, 1.82) is 0 Å². The van der Waals surface area contributed by atoms with Crippen LogP contribution in [0.15, 0.2) is 22.7 Å². The van der Waals surface area contributed by atoms with E-state index >= 15 is 0 Å². The number of hydrogen-bond donors (Lipinski definition) is 1. The molecule has 2 aromatic rings. The van der Waals surface area contributed by atoms with Crippen molar-refractivity contribution >= 4 is 11.4 Å². The summed E-state index contributed by atoms with van der Waals surface area (Å²) >= 11 is 0. The van der Waals surface area contributed by atoms with Crippen LogP contribution in [0.5, 0.6) is 0 Å². The average Bonchev–Trinajstić information content (AvgIpc) is 3.09. The number of benzene rings is 1. The van der Waals surface area contributed by atoms with Crippen molar-refractivity contribution in [2.24, 2.45) is 0 Å². The molecule has 0 aliphatic heterocycles. The van der Waals surface area contributed by atoms with E-state index in [2.05, 4.69) is 10.1 Å². The first kappa shape index (κ1) is 12.6. The van der Waals surface area contributed by atoms with E-state index in [4.69, 9.17) is 10.3 Å². The van der Waals surface area contributed by atoms with Crippen LogP contribution in [0.4, 0.5) is 11.4 Å². The number of nitro benzene ring substituents is 1. The molecular formula is C13H14N4O3. The lowest BCUT2D eigenvalue weighted by Crippen LogP contribution is -1.96. The summed E-state index contributed by atoms with van der Waals surface area (Å²) in [6, 6.07) is 4.49. The zero-order valence-corrected chi connectivity index (χ0v) is 10.8. The summed E-state index contributed by atoms with van der Waals surface area (Å²) in [6.45, 7) is 0. The molecule has 7 heteroatoms. The molecule has 1 aromatic carbocycles. The van der Waals surface area contributed by atoms with E-state index in [1.807, 2.05) is 0 Å². The van der Waals surface area contributed by atoms with Gasteiger partial charge in [0, 0.05) is 17.5 Å². The molecule has 1 heterocycles. The monoisotopic (exact) mass is 274 g/mol. The van der Waals surface area contributed by atoms with E-state index in [0.29, 0.717) is 23.2 Å². The maximum atomic E-state index is 10.9. The summed E-state index contributed by atoms with van der Waals surface area (Å²) in [6.07, 6.45) is 4.51. The van der Waals surface area contributed by atoms with E-state index in [1.54, 1.807) is 6.07 Å². The minimum atomic E-state index is -0.521. The number of rotatable bonds is 3. The summed E-state index contributed by atoms with van der Waals surface area (Å²) in [7, 11) is 0. The minimum absolute atomic E-state index is 0.120. The predicted molar refractivity (Wildman–Crippen MR) is 72.0 cm³/mol. The van der Waals surface area contributed by atoms with Crippen molar-refractivity contribution < 1.29 is 9.45 Å². The van der Waals surface area contributed by atoms with Crippen LogP contribution in [-0.2, 0) is 0 Å². The molecular weight excluding hydrogens is 260 g/mol. The third-order valence-corrected chi connectivity index (χ3v) is 3.64. The highest BCUT2D eigenvalue weighted by atomic mass is 16.6. The number of nitrogen functional groups attached to an aromatic ring is 1. The van der Waals surface area contributed by atoms with E-state index in [0.717, 1.165) is 12.8 Å². The lowest BCUT2D eigenvalue weighted by molar-refractivity contribution is -0.383. The zero-order chi connectivity index (χ0) is 14.1. The number of aromatic nitrogens is 2. The highest BCUT2D eigenvalue weighted by Gasteiger charge is 2.23. The van der Waals surface area contributed by atoms with Gasteiger partial charge in [0.25, 0.3) is 11.6 Å². The second kappa shape index (κ2) is 4.92. The number of anilines is 1. The third kappa shape index (κ3) is 2.22. The lowest BCUT2D eigenvalue weighted by Gasteiger charge is -2.00. The highest BCUT2D eigenvalue weighted by molar-refractivity contribution is 5.67. The molecule has 3 rings (SSSR count). The Hall–Kier alpha value is -2.44. The molecule has 1 aromatic heterocycles. The highest BCUT2D eigenvalue weighted by Crippen LogP contribution is 2.34. The lowest BCUT2D eigenvalue weighted by atomic mass is 10.1. The number of nitro groups is 1. The van der Waals surface area contributed by atoms with Crippen molar-refractivity contribution in [2.45, 2.75) is 31.6 Å². The third-order valence-electron chi connectivity index (χ3n) is 3.64. The maximum absolute atomic E-state index is 10.9. The van der Waals surface area contributed by atoms with E-state index in [-0.39, 0.29) is 11.4 Å². The second-order valence-corrected chi connectivity index (χ2v) is 4.97. The van der Waals surface area contributed by atoms with Crippen molar-refractivity contribution in [3.8, 4) is 11.5 Å². The SMILES string of the molecule is Nc1ccc(-c2nc(C3CCCC3)no2)cc1[N+](=O)[O-]. The van der Waals surface area contributed by atoms with Gasteiger partial charge in [0.05, 0.1) is 4.92 Å². The first-order valence-corrected chi connectivity index (χ1v) is 6.53. The van der Waals surface area contributed by atoms with Crippen LogP contribution in [0.25, 0.3) is 11.5 Å². The average molecular weight is 274 g/mol. The molecule has 0 radical (unpaired) electrons. The van der Waals surface area contributed by atoms with Gasteiger partial charge >= 0.3 is 0 Å². The molecule has 0 spiro atoms. The maximum Gasteiger partial charge on any atom is 0.292 e. The molecule has 1 aliphatic rings. The fourth-order valence-corrected chi connectivity index (χ4v) is 2.54. The normalized spacial score (nSPS) is 15.6. The second-order valence-electron chi connectivity index (χ2n) is 4.97. The number of nitrogens with zero attached hydrogens (tertiary/aromatic N) is 3. The summed E-state index contributed by atoms with van der Waals surface area (Å²) in [5, 5.41) is 14.9. The molecule has 1 aliphatic carbocycles. The Morgan fingerprint density at radius 3 is 2.80 bits per heavy atom. The van der Waals surface area contributed by atoms with Gasteiger partial charge in [-0.05, 0) is 25.0 Å². The van der Waals surface area contributed by atoms with Gasteiger partial charge in [-0.3, -0.25) is 10.1 Å². The summed E-state index contributed by atoms with van der Waals surface area (Å²) < 4.78 is 5.21. The molecule has 2 N–H and O–H groups in total. The smallest absolute Gasteiger partial charge is 0.292 e. The van der Waals surface area contributed by atoms with Gasteiger partial charge in [-0.1, -0.05) is 18.0 Å². The number of hydrogen-bond acceptors (Lipinski definition) is 6. The standard InChI is InChI=1S/C13H14N4O3/c14-10-6-5-9(7-11(10)17(18)19)13-15-12(16-20-13)8-3-1-2-4-8/h5-8H,1-4,14H2. The Labute approximate surface area is 114 Å². The Morgan fingerprint density at radius 1 is 1.35 bits per heavy atom. The quantitative estimate of drug-likeness (QED) is 0.523. The Bertz CT molecular complexity index is 647. The van der Waals surface area contributed by atoms with Crippen LogP contribution in [-0.4, -0.2) is 15.1 Å². The first-order chi connectivity index (χ1) is 9.65. The van der Waals surface area contributed by atoms with Crippen LogP contribution in [0.2, 0.25) is 0 Å². The minimum Gasteiger partial charge on any atom is -0.393 e. The molecule has 0 amide bonds. The molecule has 104 valence electrons. The van der Waals surface area contributed by atoms with Gasteiger partial charge in [0.2, 0.25) is 0 Å². The molecule has 7 nitrogen and oxygen atoms in total. The Kier molecular flexibility index (Phi) is 3.09. The van der Waals surface area contributed by atoms with E-state index < -0.39 is 4.92 Å². The van der Waals surface area contributed by atoms with Gasteiger partial charge < -0.3 is 10.3 Å². The van der Waals surface area contributed by atoms with Crippen LogP contribution >= 0.6 is 0 Å². The number of nitrogens with two attached hydrogens (primary N) is 1. The van der Waals surface area contributed by atoms with Crippen LogP contribution < -0.4 is 5.73 Å². The molecule has 0 atom stereocenters. The molecule has 1 saturated carbocycles. The van der Waals surface area contributed by atoms with Gasteiger partial charge in [-0.2, -0.15) is 4.98 Å². The first-order valence-electron chi connectivity index (χ1n) is 6.53. The molecule has 0 bridgehead atoms. The van der Waals surface area contributed by atoms with Crippen molar-refractivity contribution in [3.63, 3.8) is 0 Å². The van der Waals surface area contributed by atoms with Gasteiger partial charge in [-0.25, -0.2) is 0 Å². The zero-order valence-electron chi connectivity index (χ0n) is 10.8. The van der Waals surface area contributed by atoms with Gasteiger partial charge in [0.1, 0.15) is 5.69 Å². The van der Waals surface area contributed by atoms with Crippen LogP contribution in [0.3, 0.4) is 0 Å². The summed E-state index contributed by atoms with van der Waals surface area (Å²) in [4.78, 5) is 14.7. The van der Waals surface area contributed by atoms with Gasteiger partial charge in [0.15, 0.2) is 5.82 Å². The molecule has 0 unspecified atom stereocenters. The largest absolute Gasteiger partial charge is 0.393 e. The molecule has 0 saturated heterocycles. The Morgan fingerprint density at radius 2 is 2.10 bits per heavy atom. The molecule has 20 heavy (non-hydrogen) atoms. The van der Waals surface area contributed by atoms with Gasteiger partial charge in [-0.15, -0.1) is 0 Å². The van der Waals surface area contributed by atoms with E-state index in [9.17, 15) is 10.1 Å².